The van der Waals surface area contributed by atoms with Crippen molar-refractivity contribution in [2.24, 2.45) is 5.10 Å². The summed E-state index contributed by atoms with van der Waals surface area (Å²) in [5.41, 5.74) is 0. The molecule has 0 fully saturated rings. The smallest absolute Gasteiger partial charge is 0.127 e. The minimum atomic E-state index is 0.934. The van der Waals surface area contributed by atoms with Crippen molar-refractivity contribution in [2.45, 2.75) is 6.42 Å². The van der Waals surface area contributed by atoms with E-state index in [1.165, 1.54) is 5.84 Å². The molecule has 11 heavy (non-hydrogen) atoms. The number of rotatable bonds is 3. The quantitative estimate of drug-likeness (QED) is 0.631. The average molecular weight is 173 g/mol. The molecule has 1 aliphatic heterocycles. The molecule has 0 aromatic carbocycles. The molecule has 0 radical (unpaired) electrons. The second-order valence-electron chi connectivity index (χ2n) is 2.76. The summed E-state index contributed by atoms with van der Waals surface area (Å²) in [4.78, 5) is 2.19. The van der Waals surface area contributed by atoms with Crippen LogP contribution in [-0.2, 0) is 0 Å². The molecule has 4 heteroatoms. The summed E-state index contributed by atoms with van der Waals surface area (Å²) in [7, 11) is 4.09. The van der Waals surface area contributed by atoms with Gasteiger partial charge in [0, 0.05) is 26.3 Å². The standard InChI is InChI=1S/C7H15N3S/c1-9-6-10(2)8-7(9)4-5-11-3/h4-6H2,1-3H3. The van der Waals surface area contributed by atoms with Crippen LogP contribution in [0.2, 0.25) is 0 Å². The Bertz CT molecular complexity index is 158. The van der Waals surface area contributed by atoms with E-state index >= 15 is 0 Å². The first kappa shape index (κ1) is 8.71. The summed E-state index contributed by atoms with van der Waals surface area (Å²) in [6.07, 6.45) is 3.21. The fraction of sp³-hybridized carbons (Fsp3) is 0.857. The van der Waals surface area contributed by atoms with Gasteiger partial charge < -0.3 is 4.90 Å². The Balaban J connectivity index is 2.37. The van der Waals surface area contributed by atoms with E-state index in [0.29, 0.717) is 0 Å². The maximum absolute atomic E-state index is 4.37. The van der Waals surface area contributed by atoms with Crippen molar-refractivity contribution >= 4 is 17.6 Å². The maximum Gasteiger partial charge on any atom is 0.127 e. The molecule has 0 saturated carbocycles. The second-order valence-corrected chi connectivity index (χ2v) is 3.74. The lowest BCUT2D eigenvalue weighted by Gasteiger charge is -2.12. The number of thioether (sulfide) groups is 1. The van der Waals surface area contributed by atoms with E-state index in [9.17, 15) is 0 Å². The van der Waals surface area contributed by atoms with E-state index in [1.54, 1.807) is 0 Å². The van der Waals surface area contributed by atoms with Crippen LogP contribution in [0.15, 0.2) is 5.10 Å². The van der Waals surface area contributed by atoms with Gasteiger partial charge in [-0.05, 0) is 6.26 Å². The molecule has 0 atom stereocenters. The normalized spacial score (nSPS) is 17.5. The first-order valence-electron chi connectivity index (χ1n) is 3.72. The lowest BCUT2D eigenvalue weighted by atomic mass is 10.4. The lowest BCUT2D eigenvalue weighted by molar-refractivity contribution is 0.302. The average Bonchev–Trinajstić information content (AvgIpc) is 2.26. The van der Waals surface area contributed by atoms with Gasteiger partial charge in [-0.3, -0.25) is 5.01 Å². The molecule has 0 unspecified atom stereocenters. The van der Waals surface area contributed by atoms with Crippen LogP contribution in [-0.4, -0.2) is 48.5 Å². The highest BCUT2D eigenvalue weighted by molar-refractivity contribution is 7.98. The van der Waals surface area contributed by atoms with Gasteiger partial charge in [-0.1, -0.05) is 0 Å². The Morgan fingerprint density at radius 2 is 2.27 bits per heavy atom. The molecule has 0 saturated heterocycles. The van der Waals surface area contributed by atoms with Gasteiger partial charge in [0.15, 0.2) is 0 Å². The highest BCUT2D eigenvalue weighted by Gasteiger charge is 2.14. The topological polar surface area (TPSA) is 18.8 Å². The highest BCUT2D eigenvalue weighted by atomic mass is 32.2. The fourth-order valence-electron chi connectivity index (χ4n) is 1.13. The Kier molecular flexibility index (Phi) is 3.05. The molecule has 0 N–H and O–H groups in total. The van der Waals surface area contributed by atoms with Gasteiger partial charge in [-0.25, -0.2) is 0 Å². The SMILES string of the molecule is CSCCC1=NN(C)CN1C. The zero-order valence-corrected chi connectivity index (χ0v) is 8.19. The van der Waals surface area contributed by atoms with Gasteiger partial charge in [0.25, 0.3) is 0 Å². The van der Waals surface area contributed by atoms with Crippen LogP contribution in [0, 0.1) is 0 Å². The van der Waals surface area contributed by atoms with E-state index < -0.39 is 0 Å². The van der Waals surface area contributed by atoms with Crippen LogP contribution < -0.4 is 0 Å². The zero-order chi connectivity index (χ0) is 8.27. The van der Waals surface area contributed by atoms with Crippen molar-refractivity contribution in [3.63, 3.8) is 0 Å². The molecule has 0 aromatic rings. The van der Waals surface area contributed by atoms with E-state index in [2.05, 4.69) is 23.3 Å². The van der Waals surface area contributed by atoms with Crippen LogP contribution in [0.3, 0.4) is 0 Å². The van der Waals surface area contributed by atoms with Crippen molar-refractivity contribution in [1.82, 2.24) is 9.91 Å². The highest BCUT2D eigenvalue weighted by Crippen LogP contribution is 2.07. The fourth-order valence-corrected chi connectivity index (χ4v) is 1.51. The summed E-state index contributed by atoms with van der Waals surface area (Å²) >= 11 is 1.87. The molecular weight excluding hydrogens is 158 g/mol. The van der Waals surface area contributed by atoms with Crippen molar-refractivity contribution in [3.05, 3.63) is 0 Å². The number of hydrazone groups is 1. The second kappa shape index (κ2) is 3.85. The summed E-state index contributed by atoms with van der Waals surface area (Å²) in [6, 6.07) is 0. The Morgan fingerprint density at radius 1 is 1.55 bits per heavy atom. The maximum atomic E-state index is 4.37. The van der Waals surface area contributed by atoms with Crippen molar-refractivity contribution < 1.29 is 0 Å². The largest absolute Gasteiger partial charge is 0.343 e. The van der Waals surface area contributed by atoms with Crippen LogP contribution in [0.25, 0.3) is 0 Å². The summed E-state index contributed by atoms with van der Waals surface area (Å²) in [6.45, 7) is 0.934. The predicted octanol–water partition coefficient (Wildman–Crippen LogP) is 0.888. The summed E-state index contributed by atoms with van der Waals surface area (Å²) in [5.74, 6) is 2.37. The van der Waals surface area contributed by atoms with Crippen LogP contribution >= 0.6 is 11.8 Å². The third-order valence-electron chi connectivity index (χ3n) is 1.67. The van der Waals surface area contributed by atoms with Gasteiger partial charge in [-0.15, -0.1) is 0 Å². The molecule has 0 aromatic heterocycles. The number of nitrogens with zero attached hydrogens (tertiary/aromatic N) is 3. The first-order valence-corrected chi connectivity index (χ1v) is 5.12. The third kappa shape index (κ3) is 2.29. The van der Waals surface area contributed by atoms with E-state index in [-0.39, 0.29) is 0 Å². The Labute approximate surface area is 72.4 Å². The Morgan fingerprint density at radius 3 is 2.73 bits per heavy atom. The summed E-state index contributed by atoms with van der Waals surface area (Å²) in [5, 5.41) is 6.34. The van der Waals surface area contributed by atoms with E-state index in [1.807, 2.05) is 23.8 Å². The van der Waals surface area contributed by atoms with Crippen molar-refractivity contribution in [3.8, 4) is 0 Å². The lowest BCUT2D eigenvalue weighted by Crippen LogP contribution is -2.25. The van der Waals surface area contributed by atoms with Crippen LogP contribution in [0.4, 0.5) is 0 Å². The molecule has 0 aliphatic carbocycles. The van der Waals surface area contributed by atoms with Gasteiger partial charge in [-0.2, -0.15) is 16.9 Å². The van der Waals surface area contributed by atoms with Gasteiger partial charge in [0.05, 0.1) is 0 Å². The van der Waals surface area contributed by atoms with E-state index in [4.69, 9.17) is 0 Å². The van der Waals surface area contributed by atoms with Crippen molar-refractivity contribution in [1.29, 1.82) is 0 Å². The first-order chi connectivity index (χ1) is 5.24. The van der Waals surface area contributed by atoms with Gasteiger partial charge in [0.2, 0.25) is 0 Å². The molecule has 3 nitrogen and oxygen atoms in total. The minimum absolute atomic E-state index is 0.934. The molecule has 1 heterocycles. The molecule has 1 aliphatic rings. The molecular formula is C7H15N3S. The molecule has 0 amide bonds. The van der Waals surface area contributed by atoms with E-state index in [0.717, 1.165) is 18.8 Å². The van der Waals surface area contributed by atoms with Crippen LogP contribution in [0.1, 0.15) is 6.42 Å². The predicted molar refractivity (Wildman–Crippen MR) is 50.8 cm³/mol. The number of hydrogen-bond acceptors (Lipinski definition) is 4. The van der Waals surface area contributed by atoms with Gasteiger partial charge >= 0.3 is 0 Å². The number of hydrogen-bond donors (Lipinski definition) is 0. The van der Waals surface area contributed by atoms with Crippen molar-refractivity contribution in [2.75, 3.05) is 32.8 Å². The Hall–Kier alpha value is -0.380. The monoisotopic (exact) mass is 173 g/mol. The van der Waals surface area contributed by atoms with Crippen LogP contribution in [0.5, 0.6) is 0 Å². The van der Waals surface area contributed by atoms with Gasteiger partial charge in [0.1, 0.15) is 12.5 Å². The molecule has 1 rings (SSSR count). The summed E-state index contributed by atoms with van der Waals surface area (Å²) < 4.78 is 0. The molecule has 0 spiro atoms. The minimum Gasteiger partial charge on any atom is -0.343 e. The molecule has 0 bridgehead atoms. The zero-order valence-electron chi connectivity index (χ0n) is 7.37. The number of amidine groups is 1. The third-order valence-corrected chi connectivity index (χ3v) is 2.29. The molecule has 64 valence electrons.